The lowest BCUT2D eigenvalue weighted by atomic mass is 10.2. The average molecular weight is 354 g/mol. The van der Waals surface area contributed by atoms with Gasteiger partial charge < -0.3 is 19.4 Å². The van der Waals surface area contributed by atoms with Crippen LogP contribution in [-0.2, 0) is 6.61 Å². The first-order chi connectivity index (χ1) is 10.0. The molecule has 0 aliphatic rings. The van der Waals surface area contributed by atoms with E-state index in [9.17, 15) is 14.3 Å². The highest BCUT2D eigenvalue weighted by Crippen LogP contribution is 2.37. The number of ether oxygens (including phenoxy) is 2. The van der Waals surface area contributed by atoms with Crippen molar-refractivity contribution in [3.05, 3.63) is 57.8 Å². The molecule has 0 saturated heterocycles. The Kier molecular flexibility index (Phi) is 4.80. The molecule has 4 nitrogen and oxygen atoms in total. The minimum absolute atomic E-state index is 0.0307. The zero-order valence-electron chi connectivity index (χ0n) is 11.1. The summed E-state index contributed by atoms with van der Waals surface area (Å²) in [6, 6.07) is 8.67. The van der Waals surface area contributed by atoms with E-state index in [1.54, 1.807) is 12.1 Å². The summed E-state index contributed by atoms with van der Waals surface area (Å²) >= 11 is 3.22. The van der Waals surface area contributed by atoms with Crippen molar-refractivity contribution in [2.75, 3.05) is 7.11 Å². The SMILES string of the molecule is COc1cc(C(=O)[O-])cc(Br)c1OCc1cccc(F)c1. The summed E-state index contributed by atoms with van der Waals surface area (Å²) in [6.45, 7) is 0.122. The molecule has 0 N–H and O–H groups in total. The van der Waals surface area contributed by atoms with Crippen LogP contribution in [0.5, 0.6) is 11.5 Å². The zero-order chi connectivity index (χ0) is 15.4. The molecular formula is C15H11BrFO4-. The highest BCUT2D eigenvalue weighted by atomic mass is 79.9. The molecule has 0 aliphatic heterocycles. The monoisotopic (exact) mass is 353 g/mol. The molecule has 110 valence electrons. The van der Waals surface area contributed by atoms with Crippen LogP contribution >= 0.6 is 15.9 Å². The van der Waals surface area contributed by atoms with Gasteiger partial charge in [-0.1, -0.05) is 12.1 Å². The molecule has 21 heavy (non-hydrogen) atoms. The number of hydrogen-bond acceptors (Lipinski definition) is 4. The van der Waals surface area contributed by atoms with Gasteiger partial charge in [-0.2, -0.15) is 0 Å². The molecule has 0 aromatic heterocycles. The maximum absolute atomic E-state index is 13.1. The van der Waals surface area contributed by atoms with Crippen molar-refractivity contribution in [1.29, 1.82) is 0 Å². The predicted octanol–water partition coefficient (Wildman–Crippen LogP) is 2.54. The van der Waals surface area contributed by atoms with Crippen LogP contribution < -0.4 is 14.6 Å². The third kappa shape index (κ3) is 3.72. The van der Waals surface area contributed by atoms with Gasteiger partial charge in [0.2, 0.25) is 0 Å². The number of carbonyl (C=O) groups excluding carboxylic acids is 1. The number of rotatable bonds is 5. The lowest BCUT2D eigenvalue weighted by molar-refractivity contribution is -0.255. The minimum Gasteiger partial charge on any atom is -0.545 e. The first-order valence-corrected chi connectivity index (χ1v) is 6.76. The Morgan fingerprint density at radius 2 is 2.10 bits per heavy atom. The fourth-order valence-corrected chi connectivity index (χ4v) is 2.32. The maximum Gasteiger partial charge on any atom is 0.175 e. The van der Waals surface area contributed by atoms with Crippen LogP contribution in [0.2, 0.25) is 0 Å². The Morgan fingerprint density at radius 3 is 2.71 bits per heavy atom. The van der Waals surface area contributed by atoms with Crippen LogP contribution in [0.15, 0.2) is 40.9 Å². The molecule has 0 fully saturated rings. The fraction of sp³-hybridized carbons (Fsp3) is 0.133. The molecule has 0 radical (unpaired) electrons. The van der Waals surface area contributed by atoms with Crippen LogP contribution in [0, 0.1) is 5.82 Å². The zero-order valence-corrected chi connectivity index (χ0v) is 12.6. The van der Waals surface area contributed by atoms with Crippen molar-refractivity contribution in [2.24, 2.45) is 0 Å². The largest absolute Gasteiger partial charge is 0.545 e. The normalized spacial score (nSPS) is 10.2. The number of methoxy groups -OCH3 is 1. The molecule has 0 bridgehead atoms. The van der Waals surface area contributed by atoms with Crippen molar-refractivity contribution in [1.82, 2.24) is 0 Å². The highest BCUT2D eigenvalue weighted by molar-refractivity contribution is 9.10. The van der Waals surface area contributed by atoms with E-state index in [1.807, 2.05) is 0 Å². The number of carboxylic acid groups (broad SMARTS) is 1. The average Bonchev–Trinajstić information content (AvgIpc) is 2.45. The van der Waals surface area contributed by atoms with Crippen molar-refractivity contribution in [3.8, 4) is 11.5 Å². The van der Waals surface area contributed by atoms with Gasteiger partial charge in [-0.3, -0.25) is 0 Å². The van der Waals surface area contributed by atoms with E-state index in [0.717, 1.165) is 0 Å². The lowest BCUT2D eigenvalue weighted by Gasteiger charge is -2.15. The number of aromatic carboxylic acids is 1. The number of halogens is 2. The Hall–Kier alpha value is -2.08. The maximum atomic E-state index is 13.1. The van der Waals surface area contributed by atoms with Gasteiger partial charge in [0.25, 0.3) is 0 Å². The second-order valence-electron chi connectivity index (χ2n) is 4.20. The van der Waals surface area contributed by atoms with Crippen molar-refractivity contribution in [3.63, 3.8) is 0 Å². The fourth-order valence-electron chi connectivity index (χ4n) is 1.76. The molecule has 0 aliphatic carbocycles. The Balaban J connectivity index is 2.25. The van der Waals surface area contributed by atoms with Crippen LogP contribution in [0.25, 0.3) is 0 Å². The molecule has 2 aromatic carbocycles. The molecule has 0 saturated carbocycles. The van der Waals surface area contributed by atoms with E-state index in [4.69, 9.17) is 9.47 Å². The van der Waals surface area contributed by atoms with E-state index in [-0.39, 0.29) is 23.7 Å². The predicted molar refractivity (Wildman–Crippen MR) is 75.8 cm³/mol. The van der Waals surface area contributed by atoms with Gasteiger partial charge >= 0.3 is 0 Å². The molecular weight excluding hydrogens is 343 g/mol. The molecule has 2 rings (SSSR count). The third-order valence-electron chi connectivity index (χ3n) is 2.74. The Morgan fingerprint density at radius 1 is 1.33 bits per heavy atom. The number of benzene rings is 2. The molecule has 2 aromatic rings. The summed E-state index contributed by atoms with van der Waals surface area (Å²) in [5.74, 6) is -1.08. The Labute approximate surface area is 129 Å². The molecule has 0 heterocycles. The van der Waals surface area contributed by atoms with Crippen molar-refractivity contribution < 1.29 is 23.8 Å². The topological polar surface area (TPSA) is 58.6 Å². The standard InChI is InChI=1S/C15H12BrFO4/c1-20-13-7-10(15(18)19)6-12(16)14(13)21-8-9-3-2-4-11(17)5-9/h2-7H,8H2,1H3,(H,18,19)/p-1. The number of carbonyl (C=O) groups is 1. The van der Waals surface area contributed by atoms with Crippen LogP contribution in [-0.4, -0.2) is 13.1 Å². The molecule has 0 amide bonds. The number of carboxylic acids is 1. The van der Waals surface area contributed by atoms with Crippen molar-refractivity contribution in [2.45, 2.75) is 6.61 Å². The summed E-state index contributed by atoms with van der Waals surface area (Å²) in [6.07, 6.45) is 0. The number of hydrogen-bond donors (Lipinski definition) is 0. The second kappa shape index (κ2) is 6.58. The van der Waals surface area contributed by atoms with Crippen LogP contribution in [0.1, 0.15) is 15.9 Å². The molecule has 0 spiro atoms. The van der Waals surface area contributed by atoms with Gasteiger partial charge in [-0.05, 0) is 45.8 Å². The minimum atomic E-state index is -1.31. The first-order valence-electron chi connectivity index (χ1n) is 5.97. The van der Waals surface area contributed by atoms with E-state index < -0.39 is 5.97 Å². The van der Waals surface area contributed by atoms with Gasteiger partial charge in [0, 0.05) is 5.56 Å². The second-order valence-corrected chi connectivity index (χ2v) is 5.05. The third-order valence-corrected chi connectivity index (χ3v) is 3.33. The summed E-state index contributed by atoms with van der Waals surface area (Å²) in [5.41, 5.74) is 0.616. The molecule has 0 unspecified atom stereocenters. The van der Waals surface area contributed by atoms with Crippen molar-refractivity contribution >= 4 is 21.9 Å². The highest BCUT2D eigenvalue weighted by Gasteiger charge is 2.12. The summed E-state index contributed by atoms with van der Waals surface area (Å²) in [7, 11) is 1.40. The van der Waals surface area contributed by atoms with E-state index in [1.165, 1.54) is 31.4 Å². The van der Waals surface area contributed by atoms with E-state index in [2.05, 4.69) is 15.9 Å². The molecule has 6 heteroatoms. The van der Waals surface area contributed by atoms with E-state index in [0.29, 0.717) is 15.8 Å². The Bertz CT molecular complexity index is 673. The van der Waals surface area contributed by atoms with Crippen LogP contribution in [0.3, 0.4) is 0 Å². The van der Waals surface area contributed by atoms with Gasteiger partial charge in [0.1, 0.15) is 12.4 Å². The van der Waals surface area contributed by atoms with Gasteiger partial charge in [0.15, 0.2) is 11.5 Å². The van der Waals surface area contributed by atoms with E-state index >= 15 is 0 Å². The molecule has 0 atom stereocenters. The van der Waals surface area contributed by atoms with Crippen LogP contribution in [0.4, 0.5) is 4.39 Å². The summed E-state index contributed by atoms with van der Waals surface area (Å²) in [4.78, 5) is 10.9. The quantitative estimate of drug-likeness (QED) is 0.828. The van der Waals surface area contributed by atoms with Gasteiger partial charge in [0.05, 0.1) is 17.6 Å². The van der Waals surface area contributed by atoms with Gasteiger partial charge in [-0.15, -0.1) is 0 Å². The summed E-state index contributed by atoms with van der Waals surface area (Å²) in [5, 5.41) is 10.9. The first kappa shape index (κ1) is 15.3. The smallest absolute Gasteiger partial charge is 0.175 e. The lowest BCUT2D eigenvalue weighted by Crippen LogP contribution is -2.22. The van der Waals surface area contributed by atoms with Gasteiger partial charge in [-0.25, -0.2) is 4.39 Å². The summed E-state index contributed by atoms with van der Waals surface area (Å²) < 4.78 is 24.2.